The van der Waals surface area contributed by atoms with Gasteiger partial charge in [0.1, 0.15) is 5.75 Å². The Labute approximate surface area is 146 Å². The largest absolute Gasteiger partial charge is 0.481 e. The second-order valence-corrected chi connectivity index (χ2v) is 6.74. The Kier molecular flexibility index (Phi) is 9.25. The molecule has 1 unspecified atom stereocenters. The lowest BCUT2D eigenvalue weighted by atomic mass is 9.87. The number of ether oxygens (including phenoxy) is 1. The van der Waals surface area contributed by atoms with Crippen molar-refractivity contribution in [2.45, 2.75) is 59.1 Å². The van der Waals surface area contributed by atoms with Gasteiger partial charge in [-0.1, -0.05) is 39.8 Å². The first kappa shape index (κ1) is 21.7. The Balaban J connectivity index is 0.00000484. The van der Waals surface area contributed by atoms with Gasteiger partial charge in [0.25, 0.3) is 5.91 Å². The SMILES string of the molecule is CCN[C@H](C)CNC(=O)C(C)Oc1ccc(C(C)(C)C)cc1.Cl. The molecule has 0 heterocycles. The number of carbonyl (C=O) groups is 1. The van der Waals surface area contributed by atoms with Crippen LogP contribution >= 0.6 is 12.4 Å². The zero-order chi connectivity index (χ0) is 16.8. The van der Waals surface area contributed by atoms with Crippen LogP contribution in [-0.4, -0.2) is 31.1 Å². The summed E-state index contributed by atoms with van der Waals surface area (Å²) in [6.07, 6.45) is -0.505. The fraction of sp³-hybridized carbons (Fsp3) is 0.611. The van der Waals surface area contributed by atoms with E-state index in [-0.39, 0.29) is 29.8 Å². The highest BCUT2D eigenvalue weighted by Crippen LogP contribution is 2.24. The number of nitrogens with one attached hydrogen (secondary N) is 2. The molecule has 1 aromatic rings. The van der Waals surface area contributed by atoms with Crippen molar-refractivity contribution in [1.29, 1.82) is 0 Å². The van der Waals surface area contributed by atoms with Crippen molar-refractivity contribution < 1.29 is 9.53 Å². The van der Waals surface area contributed by atoms with Crippen molar-refractivity contribution in [3.63, 3.8) is 0 Å². The third-order valence-electron chi connectivity index (χ3n) is 3.54. The van der Waals surface area contributed by atoms with Gasteiger partial charge in [0.15, 0.2) is 6.10 Å². The van der Waals surface area contributed by atoms with Crippen LogP contribution < -0.4 is 15.4 Å². The molecular formula is C18H31ClN2O2. The van der Waals surface area contributed by atoms with Crippen LogP contribution in [0.1, 0.15) is 47.1 Å². The van der Waals surface area contributed by atoms with Crippen LogP contribution in [0, 0.1) is 0 Å². The van der Waals surface area contributed by atoms with E-state index < -0.39 is 6.10 Å². The molecule has 4 nitrogen and oxygen atoms in total. The second kappa shape index (κ2) is 9.78. The molecule has 23 heavy (non-hydrogen) atoms. The summed E-state index contributed by atoms with van der Waals surface area (Å²) in [5.41, 5.74) is 1.36. The van der Waals surface area contributed by atoms with Crippen LogP contribution in [0.3, 0.4) is 0 Å². The predicted octanol–water partition coefficient (Wildman–Crippen LogP) is 3.29. The molecule has 0 fully saturated rings. The van der Waals surface area contributed by atoms with Crippen LogP contribution in [-0.2, 0) is 10.2 Å². The van der Waals surface area contributed by atoms with E-state index >= 15 is 0 Å². The van der Waals surface area contributed by atoms with Crippen LogP contribution in [0.15, 0.2) is 24.3 Å². The third-order valence-corrected chi connectivity index (χ3v) is 3.54. The summed E-state index contributed by atoms with van der Waals surface area (Å²) in [4.78, 5) is 12.0. The molecule has 2 N–H and O–H groups in total. The van der Waals surface area contributed by atoms with E-state index in [1.165, 1.54) is 5.56 Å². The zero-order valence-corrected chi connectivity index (χ0v) is 15.9. The number of amides is 1. The maximum Gasteiger partial charge on any atom is 0.260 e. The summed E-state index contributed by atoms with van der Waals surface area (Å²) in [5, 5.41) is 6.15. The highest BCUT2D eigenvalue weighted by atomic mass is 35.5. The van der Waals surface area contributed by atoms with Gasteiger partial charge in [-0.15, -0.1) is 12.4 Å². The minimum atomic E-state index is -0.505. The molecule has 0 aliphatic carbocycles. The number of halogens is 1. The summed E-state index contributed by atoms with van der Waals surface area (Å²) in [5.74, 6) is 0.625. The van der Waals surface area contributed by atoms with Gasteiger partial charge in [0.2, 0.25) is 0 Å². The van der Waals surface area contributed by atoms with Gasteiger partial charge in [-0.05, 0) is 43.5 Å². The lowest BCUT2D eigenvalue weighted by molar-refractivity contribution is -0.127. The first-order valence-electron chi connectivity index (χ1n) is 8.02. The van der Waals surface area contributed by atoms with Gasteiger partial charge in [-0.25, -0.2) is 0 Å². The maximum atomic E-state index is 12.0. The van der Waals surface area contributed by atoms with Gasteiger partial charge >= 0.3 is 0 Å². The molecule has 0 saturated carbocycles. The third kappa shape index (κ3) is 7.71. The first-order chi connectivity index (χ1) is 10.2. The molecule has 0 aliphatic rings. The monoisotopic (exact) mass is 342 g/mol. The lowest BCUT2D eigenvalue weighted by Crippen LogP contribution is -2.43. The van der Waals surface area contributed by atoms with Crippen LogP contribution in [0.25, 0.3) is 0 Å². The number of rotatable bonds is 7. The Bertz CT molecular complexity index is 469. The summed E-state index contributed by atoms with van der Waals surface area (Å²) in [7, 11) is 0. The van der Waals surface area contributed by atoms with E-state index in [4.69, 9.17) is 4.74 Å². The fourth-order valence-electron chi connectivity index (χ4n) is 2.11. The smallest absolute Gasteiger partial charge is 0.260 e. The fourth-order valence-corrected chi connectivity index (χ4v) is 2.11. The van der Waals surface area contributed by atoms with Crippen LogP contribution in [0.5, 0.6) is 5.75 Å². The molecule has 0 aromatic heterocycles. The number of likely N-dealkylation sites (N-methyl/N-ethyl adjacent to an activating group) is 1. The molecule has 1 rings (SSSR count). The van der Waals surface area contributed by atoms with Crippen molar-refractivity contribution in [3.8, 4) is 5.75 Å². The highest BCUT2D eigenvalue weighted by Gasteiger charge is 2.16. The van der Waals surface area contributed by atoms with Gasteiger partial charge < -0.3 is 15.4 Å². The molecule has 0 saturated heterocycles. The van der Waals surface area contributed by atoms with Gasteiger partial charge in [0, 0.05) is 12.6 Å². The average molecular weight is 343 g/mol. The number of hydrogen-bond acceptors (Lipinski definition) is 3. The standard InChI is InChI=1S/C18H30N2O2.ClH/c1-7-19-13(2)12-20-17(21)14(3)22-16-10-8-15(9-11-16)18(4,5)6;/h8-11,13-14,19H,7,12H2,1-6H3,(H,20,21);1H/t13-,14?;/m1./s1. The molecule has 5 heteroatoms. The van der Waals surface area contributed by atoms with Crippen LogP contribution in [0.2, 0.25) is 0 Å². The molecule has 0 aliphatic heterocycles. The molecule has 2 atom stereocenters. The second-order valence-electron chi connectivity index (χ2n) is 6.74. The van der Waals surface area contributed by atoms with Gasteiger partial charge in [-0.2, -0.15) is 0 Å². The van der Waals surface area contributed by atoms with Crippen LogP contribution in [0.4, 0.5) is 0 Å². The number of hydrogen-bond donors (Lipinski definition) is 2. The van der Waals surface area contributed by atoms with E-state index in [2.05, 4.69) is 31.4 Å². The molecule has 0 radical (unpaired) electrons. The number of benzene rings is 1. The Morgan fingerprint density at radius 1 is 1.17 bits per heavy atom. The average Bonchev–Trinajstić information content (AvgIpc) is 2.44. The van der Waals surface area contributed by atoms with E-state index in [0.717, 1.165) is 12.3 Å². The summed E-state index contributed by atoms with van der Waals surface area (Å²) < 4.78 is 5.70. The first-order valence-corrected chi connectivity index (χ1v) is 8.02. The molecule has 1 amide bonds. The van der Waals surface area contributed by atoms with E-state index in [0.29, 0.717) is 6.54 Å². The summed E-state index contributed by atoms with van der Waals surface area (Å²) >= 11 is 0. The minimum absolute atomic E-state index is 0. The zero-order valence-electron chi connectivity index (χ0n) is 15.1. The predicted molar refractivity (Wildman–Crippen MR) is 98.6 cm³/mol. The molecule has 0 spiro atoms. The quantitative estimate of drug-likeness (QED) is 0.799. The summed E-state index contributed by atoms with van der Waals surface area (Å²) in [6.45, 7) is 13.9. The van der Waals surface area contributed by atoms with Crippen molar-refractivity contribution in [3.05, 3.63) is 29.8 Å². The Morgan fingerprint density at radius 3 is 2.22 bits per heavy atom. The molecule has 132 valence electrons. The van der Waals surface area contributed by atoms with Gasteiger partial charge in [0.05, 0.1) is 0 Å². The van der Waals surface area contributed by atoms with E-state index in [1.54, 1.807) is 6.92 Å². The normalized spacial score (nSPS) is 13.7. The van der Waals surface area contributed by atoms with Crippen molar-refractivity contribution in [1.82, 2.24) is 10.6 Å². The minimum Gasteiger partial charge on any atom is -0.481 e. The molecule has 1 aromatic carbocycles. The van der Waals surface area contributed by atoms with Crippen molar-refractivity contribution >= 4 is 18.3 Å². The molecule has 0 bridgehead atoms. The van der Waals surface area contributed by atoms with Crippen molar-refractivity contribution in [2.24, 2.45) is 0 Å². The Hall–Kier alpha value is -1.26. The van der Waals surface area contributed by atoms with Gasteiger partial charge in [-0.3, -0.25) is 4.79 Å². The van der Waals surface area contributed by atoms with Crippen molar-refractivity contribution in [2.75, 3.05) is 13.1 Å². The van der Waals surface area contributed by atoms with E-state index in [1.807, 2.05) is 38.1 Å². The number of carbonyl (C=O) groups excluding carboxylic acids is 1. The lowest BCUT2D eigenvalue weighted by Gasteiger charge is -2.20. The summed E-state index contributed by atoms with van der Waals surface area (Å²) in [6, 6.07) is 8.20. The maximum absolute atomic E-state index is 12.0. The highest BCUT2D eigenvalue weighted by molar-refractivity contribution is 5.85. The molecular weight excluding hydrogens is 312 g/mol. The van der Waals surface area contributed by atoms with E-state index in [9.17, 15) is 4.79 Å². The Morgan fingerprint density at radius 2 is 1.74 bits per heavy atom. The topological polar surface area (TPSA) is 50.4 Å².